The molecule has 0 bridgehead atoms. The van der Waals surface area contributed by atoms with Gasteiger partial charge in [0.25, 0.3) is 0 Å². The van der Waals surface area contributed by atoms with Crippen molar-refractivity contribution in [3.63, 3.8) is 0 Å². The largest absolute Gasteiger partial charge is 0.497 e. The molecule has 26 heavy (non-hydrogen) atoms. The van der Waals surface area contributed by atoms with Crippen LogP contribution in [-0.4, -0.2) is 37.6 Å². The molecule has 1 heterocycles. The second-order valence-corrected chi connectivity index (χ2v) is 6.88. The van der Waals surface area contributed by atoms with E-state index in [-0.39, 0.29) is 5.91 Å². The molecular formula is C22H27NO3. The summed E-state index contributed by atoms with van der Waals surface area (Å²) in [6.45, 7) is 2.97. The minimum Gasteiger partial charge on any atom is -0.497 e. The second kappa shape index (κ2) is 9.39. The fraction of sp³-hybridized carbons (Fsp3) is 0.409. The van der Waals surface area contributed by atoms with Crippen molar-refractivity contribution in [2.45, 2.75) is 25.9 Å². The van der Waals surface area contributed by atoms with Crippen molar-refractivity contribution in [1.82, 2.24) is 4.90 Å². The summed E-state index contributed by atoms with van der Waals surface area (Å²) >= 11 is 0. The maximum atomic E-state index is 12.7. The number of likely N-dealkylation sites (tertiary alicyclic amines) is 1. The third kappa shape index (κ3) is 5.33. The Morgan fingerprint density at radius 2 is 1.92 bits per heavy atom. The quantitative estimate of drug-likeness (QED) is 0.762. The molecule has 0 saturated carbocycles. The van der Waals surface area contributed by atoms with E-state index < -0.39 is 0 Å². The first-order chi connectivity index (χ1) is 12.7. The smallest absolute Gasteiger partial charge is 0.227 e. The van der Waals surface area contributed by atoms with Crippen LogP contribution >= 0.6 is 0 Å². The highest BCUT2D eigenvalue weighted by Crippen LogP contribution is 2.19. The van der Waals surface area contributed by atoms with E-state index in [9.17, 15) is 4.79 Å². The van der Waals surface area contributed by atoms with Crippen molar-refractivity contribution in [1.29, 1.82) is 0 Å². The molecule has 1 aliphatic rings. The van der Waals surface area contributed by atoms with Gasteiger partial charge in [0.15, 0.2) is 0 Å². The maximum Gasteiger partial charge on any atom is 0.227 e. The van der Waals surface area contributed by atoms with E-state index in [0.717, 1.165) is 37.2 Å². The van der Waals surface area contributed by atoms with Crippen LogP contribution in [0.5, 0.6) is 5.75 Å². The van der Waals surface area contributed by atoms with Crippen LogP contribution in [0.15, 0.2) is 54.6 Å². The van der Waals surface area contributed by atoms with Crippen molar-refractivity contribution in [3.05, 3.63) is 65.7 Å². The number of hydrogen-bond acceptors (Lipinski definition) is 3. The van der Waals surface area contributed by atoms with Gasteiger partial charge in [0.05, 0.1) is 26.7 Å². The minimum absolute atomic E-state index is 0.186. The molecule has 0 aromatic heterocycles. The fourth-order valence-electron chi connectivity index (χ4n) is 3.41. The molecule has 0 radical (unpaired) electrons. The van der Waals surface area contributed by atoms with Crippen LogP contribution in [0.1, 0.15) is 24.0 Å². The van der Waals surface area contributed by atoms with Crippen LogP contribution in [0.4, 0.5) is 0 Å². The van der Waals surface area contributed by atoms with E-state index in [2.05, 4.69) is 12.1 Å². The standard InChI is InChI=1S/C22H27NO3/c1-25-21-11-5-9-19(13-21)14-22(24)23-12-6-10-20(15-23)17-26-16-18-7-3-2-4-8-18/h2-5,7-9,11,13,20H,6,10,12,14-17H2,1H3. The summed E-state index contributed by atoms with van der Waals surface area (Å²) in [5.41, 5.74) is 2.19. The summed E-state index contributed by atoms with van der Waals surface area (Å²) in [6, 6.07) is 17.9. The minimum atomic E-state index is 0.186. The van der Waals surface area contributed by atoms with Gasteiger partial charge in [-0.05, 0) is 42.0 Å². The van der Waals surface area contributed by atoms with E-state index in [1.807, 2.05) is 47.4 Å². The van der Waals surface area contributed by atoms with Crippen LogP contribution in [-0.2, 0) is 22.6 Å². The number of carbonyl (C=O) groups excluding carboxylic acids is 1. The Labute approximate surface area is 155 Å². The first-order valence-corrected chi connectivity index (χ1v) is 9.27. The number of rotatable bonds is 7. The number of hydrogen-bond donors (Lipinski definition) is 0. The van der Waals surface area contributed by atoms with Crippen LogP contribution in [0.2, 0.25) is 0 Å². The average molecular weight is 353 g/mol. The Balaban J connectivity index is 1.47. The number of piperidine rings is 1. The molecule has 1 atom stereocenters. The van der Waals surface area contributed by atoms with Gasteiger partial charge in [-0.15, -0.1) is 0 Å². The van der Waals surface area contributed by atoms with Crippen LogP contribution < -0.4 is 4.74 Å². The van der Waals surface area contributed by atoms with E-state index in [4.69, 9.17) is 9.47 Å². The Kier molecular flexibility index (Phi) is 6.67. The first-order valence-electron chi connectivity index (χ1n) is 9.27. The SMILES string of the molecule is COc1cccc(CC(=O)N2CCCC(COCc3ccccc3)C2)c1. The van der Waals surface area contributed by atoms with E-state index in [0.29, 0.717) is 25.6 Å². The van der Waals surface area contributed by atoms with Crippen molar-refractivity contribution < 1.29 is 14.3 Å². The lowest BCUT2D eigenvalue weighted by Crippen LogP contribution is -2.41. The van der Waals surface area contributed by atoms with Crippen LogP contribution in [0.3, 0.4) is 0 Å². The van der Waals surface area contributed by atoms with Crippen molar-refractivity contribution in [2.75, 3.05) is 26.8 Å². The van der Waals surface area contributed by atoms with E-state index in [1.165, 1.54) is 5.56 Å². The summed E-state index contributed by atoms with van der Waals surface area (Å²) in [6.07, 6.45) is 2.59. The first kappa shape index (κ1) is 18.5. The van der Waals surface area contributed by atoms with E-state index in [1.54, 1.807) is 7.11 Å². The second-order valence-electron chi connectivity index (χ2n) is 6.88. The fourth-order valence-corrected chi connectivity index (χ4v) is 3.41. The lowest BCUT2D eigenvalue weighted by atomic mass is 9.98. The predicted molar refractivity (Wildman–Crippen MR) is 102 cm³/mol. The summed E-state index contributed by atoms with van der Waals surface area (Å²) < 4.78 is 11.1. The number of amides is 1. The summed E-state index contributed by atoms with van der Waals surface area (Å²) in [4.78, 5) is 14.6. The highest BCUT2D eigenvalue weighted by atomic mass is 16.5. The predicted octanol–water partition coefficient (Wildman–Crippen LogP) is 3.69. The topological polar surface area (TPSA) is 38.8 Å². The molecule has 1 fully saturated rings. The van der Waals surface area contributed by atoms with Crippen LogP contribution in [0.25, 0.3) is 0 Å². The van der Waals surface area contributed by atoms with Crippen molar-refractivity contribution >= 4 is 5.91 Å². The van der Waals surface area contributed by atoms with Crippen molar-refractivity contribution in [3.8, 4) is 5.75 Å². The number of benzene rings is 2. The highest BCUT2D eigenvalue weighted by Gasteiger charge is 2.23. The summed E-state index contributed by atoms with van der Waals surface area (Å²) in [5.74, 6) is 1.40. The van der Waals surface area contributed by atoms with Gasteiger partial charge < -0.3 is 14.4 Å². The lowest BCUT2D eigenvalue weighted by molar-refractivity contribution is -0.132. The van der Waals surface area contributed by atoms with Gasteiger partial charge in [0.1, 0.15) is 5.75 Å². The van der Waals surface area contributed by atoms with Gasteiger partial charge in [0.2, 0.25) is 5.91 Å². The molecule has 2 aromatic carbocycles. The molecule has 1 amide bonds. The van der Waals surface area contributed by atoms with E-state index >= 15 is 0 Å². The number of ether oxygens (including phenoxy) is 2. The van der Waals surface area contributed by atoms with Crippen molar-refractivity contribution in [2.24, 2.45) is 5.92 Å². The summed E-state index contributed by atoms with van der Waals surface area (Å²) in [5, 5.41) is 0. The molecule has 4 heteroatoms. The molecule has 0 aliphatic carbocycles. The molecule has 1 unspecified atom stereocenters. The molecule has 1 aliphatic heterocycles. The molecule has 138 valence electrons. The molecule has 0 spiro atoms. The zero-order valence-electron chi connectivity index (χ0n) is 15.4. The van der Waals surface area contributed by atoms with Crippen LogP contribution in [0, 0.1) is 5.92 Å². The normalized spacial score (nSPS) is 17.1. The third-order valence-corrected chi connectivity index (χ3v) is 4.83. The maximum absolute atomic E-state index is 12.7. The Morgan fingerprint density at radius 1 is 1.12 bits per heavy atom. The summed E-state index contributed by atoms with van der Waals surface area (Å²) in [7, 11) is 1.64. The van der Waals surface area contributed by atoms with Gasteiger partial charge in [-0.25, -0.2) is 0 Å². The Morgan fingerprint density at radius 3 is 2.73 bits per heavy atom. The molecule has 0 N–H and O–H groups in total. The van der Waals surface area contributed by atoms with Gasteiger partial charge in [0, 0.05) is 13.1 Å². The third-order valence-electron chi connectivity index (χ3n) is 4.83. The number of methoxy groups -OCH3 is 1. The van der Waals surface area contributed by atoms with Gasteiger partial charge in [-0.2, -0.15) is 0 Å². The average Bonchev–Trinajstić information content (AvgIpc) is 2.69. The lowest BCUT2D eigenvalue weighted by Gasteiger charge is -2.32. The zero-order valence-corrected chi connectivity index (χ0v) is 15.4. The molecule has 1 saturated heterocycles. The zero-order chi connectivity index (χ0) is 18.2. The highest BCUT2D eigenvalue weighted by molar-refractivity contribution is 5.79. The number of carbonyl (C=O) groups is 1. The Bertz CT molecular complexity index is 702. The molecule has 3 rings (SSSR count). The molecule has 4 nitrogen and oxygen atoms in total. The molecular weight excluding hydrogens is 326 g/mol. The number of nitrogens with zero attached hydrogens (tertiary/aromatic N) is 1. The Hall–Kier alpha value is -2.33. The monoisotopic (exact) mass is 353 g/mol. The van der Waals surface area contributed by atoms with Gasteiger partial charge >= 0.3 is 0 Å². The van der Waals surface area contributed by atoms with Gasteiger partial charge in [-0.1, -0.05) is 42.5 Å². The van der Waals surface area contributed by atoms with Gasteiger partial charge in [-0.3, -0.25) is 4.79 Å². The molecule has 2 aromatic rings.